The first-order chi connectivity index (χ1) is 16.7. The minimum absolute atomic E-state index is 0.131. The second-order valence-electron chi connectivity index (χ2n) is 8.72. The highest BCUT2D eigenvalue weighted by Crippen LogP contribution is 2.37. The first-order valence-electron chi connectivity index (χ1n) is 11.3. The predicted molar refractivity (Wildman–Crippen MR) is 134 cm³/mol. The number of hydrogen-bond donors (Lipinski definition) is 1. The van der Waals surface area contributed by atoms with E-state index in [0.29, 0.717) is 29.2 Å². The fraction of sp³-hybridized carbons (Fsp3) is 0.320. The lowest BCUT2D eigenvalue weighted by Gasteiger charge is -2.36. The van der Waals surface area contributed by atoms with Crippen molar-refractivity contribution in [1.82, 2.24) is 24.3 Å². The van der Waals surface area contributed by atoms with Crippen molar-refractivity contribution >= 4 is 29.4 Å². The maximum atomic E-state index is 13.7. The van der Waals surface area contributed by atoms with E-state index in [1.165, 1.54) is 27.8 Å². The lowest BCUT2D eigenvalue weighted by Crippen LogP contribution is -2.40. The number of pyridine rings is 1. The number of hydrogen-bond acceptors (Lipinski definition) is 6. The molecule has 1 aromatic carbocycles. The van der Waals surface area contributed by atoms with E-state index in [1.54, 1.807) is 37.3 Å². The highest BCUT2D eigenvalue weighted by Gasteiger charge is 2.32. The SMILES string of the molecule is CN(C)C(=O)Cn1cc(C(=O)N2CCCCC2c2nc(N)ncc2-c2ccc(Cl)cc2)ccc1=O. The number of anilines is 1. The average molecular weight is 495 g/mol. The van der Waals surface area contributed by atoms with E-state index >= 15 is 0 Å². The molecule has 0 bridgehead atoms. The number of nitrogen functional groups attached to an aromatic ring is 1. The van der Waals surface area contributed by atoms with Gasteiger partial charge in [-0.2, -0.15) is 0 Å². The summed E-state index contributed by atoms with van der Waals surface area (Å²) in [5.74, 6) is -0.344. The van der Waals surface area contributed by atoms with Gasteiger partial charge in [-0.1, -0.05) is 23.7 Å². The van der Waals surface area contributed by atoms with Crippen LogP contribution in [-0.2, 0) is 11.3 Å². The van der Waals surface area contributed by atoms with E-state index in [9.17, 15) is 14.4 Å². The van der Waals surface area contributed by atoms with Crippen molar-refractivity contribution in [2.45, 2.75) is 31.8 Å². The van der Waals surface area contributed by atoms with Crippen LogP contribution in [0.4, 0.5) is 5.95 Å². The molecule has 2 amide bonds. The third kappa shape index (κ3) is 5.35. The van der Waals surface area contributed by atoms with Crippen molar-refractivity contribution in [1.29, 1.82) is 0 Å². The molecule has 0 aliphatic carbocycles. The Kier molecular flexibility index (Phi) is 7.16. The van der Waals surface area contributed by atoms with E-state index in [0.717, 1.165) is 24.0 Å². The summed E-state index contributed by atoms with van der Waals surface area (Å²) in [6.07, 6.45) is 5.60. The number of nitrogens with two attached hydrogens (primary N) is 1. The summed E-state index contributed by atoms with van der Waals surface area (Å²) in [6, 6.07) is 9.84. The van der Waals surface area contributed by atoms with Crippen LogP contribution in [0.1, 0.15) is 41.4 Å². The van der Waals surface area contributed by atoms with Crippen molar-refractivity contribution < 1.29 is 9.59 Å². The molecular formula is C25H27ClN6O3. The second kappa shape index (κ2) is 10.3. The highest BCUT2D eigenvalue weighted by atomic mass is 35.5. The molecule has 1 saturated heterocycles. The third-order valence-corrected chi connectivity index (χ3v) is 6.36. The molecule has 0 saturated carbocycles. The summed E-state index contributed by atoms with van der Waals surface area (Å²) in [5, 5.41) is 0.615. The zero-order chi connectivity index (χ0) is 25.1. The van der Waals surface area contributed by atoms with Gasteiger partial charge < -0.3 is 20.1 Å². The summed E-state index contributed by atoms with van der Waals surface area (Å²) < 4.78 is 1.26. The van der Waals surface area contributed by atoms with Crippen LogP contribution in [-0.4, -0.2) is 56.8 Å². The smallest absolute Gasteiger partial charge is 0.255 e. The van der Waals surface area contributed by atoms with Crippen molar-refractivity contribution in [3.8, 4) is 11.1 Å². The molecule has 1 aliphatic rings. The van der Waals surface area contributed by atoms with Crippen LogP contribution in [0.5, 0.6) is 0 Å². The van der Waals surface area contributed by atoms with Gasteiger partial charge in [0.05, 0.1) is 17.3 Å². The summed E-state index contributed by atoms with van der Waals surface area (Å²) in [4.78, 5) is 50.0. The number of likely N-dealkylation sites (tertiary alicyclic amines) is 1. The number of likely N-dealkylation sites (N-methyl/N-ethyl adjacent to an activating group) is 1. The zero-order valence-electron chi connectivity index (χ0n) is 19.6. The predicted octanol–water partition coefficient (Wildman–Crippen LogP) is 3.00. The molecule has 4 rings (SSSR count). The van der Waals surface area contributed by atoms with Gasteiger partial charge in [0, 0.05) is 49.7 Å². The minimum atomic E-state index is -0.347. The van der Waals surface area contributed by atoms with Crippen LogP contribution in [0.3, 0.4) is 0 Å². The molecule has 1 aliphatic heterocycles. The molecular weight excluding hydrogens is 468 g/mol. The molecule has 182 valence electrons. The Morgan fingerprint density at radius 3 is 2.60 bits per heavy atom. The van der Waals surface area contributed by atoms with Gasteiger partial charge in [-0.25, -0.2) is 9.97 Å². The number of carbonyl (C=O) groups excluding carboxylic acids is 2. The number of aromatic nitrogens is 3. The fourth-order valence-electron chi connectivity index (χ4n) is 4.21. The summed E-state index contributed by atoms with van der Waals surface area (Å²) in [7, 11) is 3.23. The van der Waals surface area contributed by atoms with Gasteiger partial charge in [-0.3, -0.25) is 14.4 Å². The quantitative estimate of drug-likeness (QED) is 0.583. The molecule has 35 heavy (non-hydrogen) atoms. The summed E-state index contributed by atoms with van der Waals surface area (Å²) in [5.41, 5.74) is 8.26. The Hall–Kier alpha value is -3.72. The fourth-order valence-corrected chi connectivity index (χ4v) is 4.33. The van der Waals surface area contributed by atoms with Gasteiger partial charge in [0.25, 0.3) is 11.5 Å². The van der Waals surface area contributed by atoms with Crippen LogP contribution >= 0.6 is 11.6 Å². The molecule has 3 aromatic rings. The Bertz CT molecular complexity index is 1310. The lowest BCUT2D eigenvalue weighted by molar-refractivity contribution is -0.129. The monoisotopic (exact) mass is 494 g/mol. The van der Waals surface area contributed by atoms with Gasteiger partial charge in [-0.05, 0) is 43.0 Å². The first-order valence-corrected chi connectivity index (χ1v) is 11.7. The van der Waals surface area contributed by atoms with Gasteiger partial charge >= 0.3 is 0 Å². The standard InChI is InChI=1S/C25H27ClN6O3/c1-30(2)22(34)15-31-14-17(8-11-21(31)33)24(35)32-12-4-3-5-20(32)23-19(13-28-25(27)29-23)16-6-9-18(26)10-7-16/h6-11,13-14,20H,3-5,12,15H2,1-2H3,(H2,27,28,29). The normalized spacial score (nSPS) is 15.6. The maximum Gasteiger partial charge on any atom is 0.255 e. The molecule has 1 unspecified atom stereocenters. The number of halogens is 1. The highest BCUT2D eigenvalue weighted by molar-refractivity contribution is 6.30. The molecule has 9 nitrogen and oxygen atoms in total. The van der Waals surface area contributed by atoms with Gasteiger partial charge in [0.1, 0.15) is 6.54 Å². The molecule has 1 fully saturated rings. The molecule has 10 heteroatoms. The Morgan fingerprint density at radius 2 is 1.89 bits per heavy atom. The summed E-state index contributed by atoms with van der Waals surface area (Å²) >= 11 is 6.07. The molecule has 2 N–H and O–H groups in total. The topological polar surface area (TPSA) is 114 Å². The first kappa shape index (κ1) is 24.4. The Morgan fingerprint density at radius 1 is 1.14 bits per heavy atom. The van der Waals surface area contributed by atoms with Crippen LogP contribution in [0.15, 0.2) is 53.6 Å². The lowest BCUT2D eigenvalue weighted by atomic mass is 9.93. The van der Waals surface area contributed by atoms with Crippen molar-refractivity contribution in [3.05, 3.63) is 75.4 Å². The zero-order valence-corrected chi connectivity index (χ0v) is 20.4. The molecule has 1 atom stereocenters. The van der Waals surface area contributed by atoms with Gasteiger partial charge in [-0.15, -0.1) is 0 Å². The second-order valence-corrected chi connectivity index (χ2v) is 9.15. The number of carbonyl (C=O) groups is 2. The van der Waals surface area contributed by atoms with E-state index in [-0.39, 0.29) is 35.9 Å². The van der Waals surface area contributed by atoms with Crippen molar-refractivity contribution in [3.63, 3.8) is 0 Å². The van der Waals surface area contributed by atoms with Crippen LogP contribution in [0, 0.1) is 0 Å². The number of amides is 2. The molecule has 3 heterocycles. The molecule has 2 aromatic heterocycles. The molecule has 0 radical (unpaired) electrons. The Labute approximate surface area is 208 Å². The average Bonchev–Trinajstić information content (AvgIpc) is 2.85. The Balaban J connectivity index is 1.71. The van der Waals surface area contributed by atoms with E-state index in [4.69, 9.17) is 17.3 Å². The minimum Gasteiger partial charge on any atom is -0.368 e. The van der Waals surface area contributed by atoms with Crippen LogP contribution < -0.4 is 11.3 Å². The third-order valence-electron chi connectivity index (χ3n) is 6.11. The number of nitrogens with zero attached hydrogens (tertiary/aromatic N) is 5. The maximum absolute atomic E-state index is 13.7. The largest absolute Gasteiger partial charge is 0.368 e. The number of piperidine rings is 1. The van der Waals surface area contributed by atoms with Crippen LogP contribution in [0.25, 0.3) is 11.1 Å². The molecule has 0 spiro atoms. The number of rotatable bonds is 5. The van der Waals surface area contributed by atoms with Crippen molar-refractivity contribution in [2.24, 2.45) is 0 Å². The number of benzene rings is 1. The van der Waals surface area contributed by atoms with E-state index in [2.05, 4.69) is 9.97 Å². The van der Waals surface area contributed by atoms with E-state index < -0.39 is 0 Å². The van der Waals surface area contributed by atoms with Gasteiger partial charge in [0.15, 0.2) is 0 Å². The van der Waals surface area contributed by atoms with E-state index in [1.807, 2.05) is 12.1 Å². The van der Waals surface area contributed by atoms with Gasteiger partial charge in [0.2, 0.25) is 11.9 Å². The van der Waals surface area contributed by atoms with Crippen LogP contribution in [0.2, 0.25) is 5.02 Å². The summed E-state index contributed by atoms with van der Waals surface area (Å²) in [6.45, 7) is 0.392. The van der Waals surface area contributed by atoms with Crippen molar-refractivity contribution in [2.75, 3.05) is 26.4 Å².